The minimum atomic E-state index is -0.425. The highest BCUT2D eigenvalue weighted by Gasteiger charge is 2.14. The topological polar surface area (TPSA) is 101 Å². The van der Waals surface area contributed by atoms with Crippen LogP contribution in [0.25, 0.3) is 21.4 Å². The molecule has 0 amide bonds. The van der Waals surface area contributed by atoms with Crippen molar-refractivity contribution < 1.29 is 9.53 Å². The zero-order valence-electron chi connectivity index (χ0n) is 16.0. The highest BCUT2D eigenvalue weighted by atomic mass is 32.1. The minimum Gasteiger partial charge on any atom is -0.458 e. The van der Waals surface area contributed by atoms with Crippen molar-refractivity contribution in [1.82, 2.24) is 23.7 Å². The summed E-state index contributed by atoms with van der Waals surface area (Å²) in [5, 5.41) is 0.754. The molecular formula is C19H19N5O4S. The number of imidazole rings is 1. The molecule has 9 nitrogen and oxygen atoms in total. The summed E-state index contributed by atoms with van der Waals surface area (Å²) in [6, 6.07) is 7.77. The van der Waals surface area contributed by atoms with Crippen LogP contribution in [0, 0.1) is 0 Å². The number of aryl methyl sites for hydroxylation is 2. The van der Waals surface area contributed by atoms with E-state index in [-0.39, 0.29) is 19.0 Å². The molecule has 3 aromatic heterocycles. The van der Waals surface area contributed by atoms with Crippen LogP contribution in [-0.2, 0) is 36.8 Å². The summed E-state index contributed by atoms with van der Waals surface area (Å²) in [7, 11) is 3.00. The van der Waals surface area contributed by atoms with Crippen molar-refractivity contribution in [3.05, 3.63) is 56.4 Å². The van der Waals surface area contributed by atoms with Crippen LogP contribution in [0.15, 0.2) is 40.2 Å². The van der Waals surface area contributed by atoms with Crippen LogP contribution in [0.2, 0.25) is 0 Å². The van der Waals surface area contributed by atoms with Gasteiger partial charge in [-0.25, -0.2) is 14.8 Å². The summed E-state index contributed by atoms with van der Waals surface area (Å²) >= 11 is 1.50. The number of rotatable bonds is 6. The summed E-state index contributed by atoms with van der Waals surface area (Å²) in [4.78, 5) is 45.0. The number of esters is 1. The number of para-hydroxylation sites is 1. The Kier molecular flexibility index (Phi) is 5.01. The van der Waals surface area contributed by atoms with Gasteiger partial charge in [-0.1, -0.05) is 12.1 Å². The van der Waals surface area contributed by atoms with Crippen LogP contribution in [0.4, 0.5) is 0 Å². The summed E-state index contributed by atoms with van der Waals surface area (Å²) in [6.45, 7) is 0.565. The van der Waals surface area contributed by atoms with E-state index in [0.717, 1.165) is 19.8 Å². The van der Waals surface area contributed by atoms with Crippen molar-refractivity contribution in [3.63, 3.8) is 0 Å². The molecule has 1 aromatic carbocycles. The van der Waals surface area contributed by atoms with Crippen LogP contribution < -0.4 is 11.2 Å². The van der Waals surface area contributed by atoms with Gasteiger partial charge < -0.3 is 9.30 Å². The van der Waals surface area contributed by atoms with Gasteiger partial charge in [0, 0.05) is 27.1 Å². The standard InChI is InChI=1S/C19H19N5O4S/c1-22-17-16(18(26)23(2)19(22)27)24(11-20-17)9-5-8-15(25)28-10-14-21-12-6-3-4-7-13(12)29-14/h3-4,6-7,11H,5,8-10H2,1-2H3. The van der Waals surface area contributed by atoms with Gasteiger partial charge in [0.1, 0.15) is 11.6 Å². The summed E-state index contributed by atoms with van der Waals surface area (Å²) in [6.07, 6.45) is 2.20. The van der Waals surface area contributed by atoms with E-state index >= 15 is 0 Å². The van der Waals surface area contributed by atoms with E-state index in [2.05, 4.69) is 9.97 Å². The van der Waals surface area contributed by atoms with E-state index in [4.69, 9.17) is 4.74 Å². The predicted octanol–water partition coefficient (Wildman–Crippen LogP) is 1.57. The first-order valence-corrected chi connectivity index (χ1v) is 9.88. The van der Waals surface area contributed by atoms with Crippen molar-refractivity contribution in [3.8, 4) is 0 Å². The predicted molar refractivity (Wildman–Crippen MR) is 109 cm³/mol. The third kappa shape index (κ3) is 3.58. The molecule has 0 saturated carbocycles. The van der Waals surface area contributed by atoms with Crippen molar-refractivity contribution in [2.75, 3.05) is 0 Å². The Labute approximate surface area is 168 Å². The van der Waals surface area contributed by atoms with E-state index in [1.165, 1.54) is 29.3 Å². The second-order valence-electron chi connectivity index (χ2n) is 6.66. The van der Waals surface area contributed by atoms with Gasteiger partial charge in [-0.05, 0) is 18.6 Å². The molecule has 0 unspecified atom stereocenters. The molecule has 0 aliphatic heterocycles. The van der Waals surface area contributed by atoms with Crippen LogP contribution in [-0.4, -0.2) is 29.6 Å². The lowest BCUT2D eigenvalue weighted by Crippen LogP contribution is -2.37. The molecule has 10 heteroatoms. The van der Waals surface area contributed by atoms with Crippen molar-refractivity contribution in [1.29, 1.82) is 0 Å². The lowest BCUT2D eigenvalue weighted by molar-refractivity contribution is -0.145. The monoisotopic (exact) mass is 413 g/mol. The fourth-order valence-electron chi connectivity index (χ4n) is 3.16. The zero-order chi connectivity index (χ0) is 20.5. The average Bonchev–Trinajstić information content (AvgIpc) is 3.33. The molecule has 0 bridgehead atoms. The Bertz CT molecular complexity index is 1300. The van der Waals surface area contributed by atoms with Crippen LogP contribution >= 0.6 is 11.3 Å². The summed E-state index contributed by atoms with van der Waals surface area (Å²) in [5.41, 5.74) is 0.741. The van der Waals surface area contributed by atoms with Gasteiger partial charge in [0.2, 0.25) is 0 Å². The molecule has 4 rings (SSSR count). The first kappa shape index (κ1) is 19.1. The molecule has 0 saturated heterocycles. The average molecular weight is 413 g/mol. The molecule has 0 spiro atoms. The van der Waals surface area contributed by atoms with Gasteiger partial charge >= 0.3 is 11.7 Å². The van der Waals surface area contributed by atoms with Gasteiger partial charge in [-0.15, -0.1) is 11.3 Å². The number of benzene rings is 1. The molecule has 29 heavy (non-hydrogen) atoms. The number of hydrogen-bond donors (Lipinski definition) is 0. The number of ether oxygens (including phenoxy) is 1. The molecule has 3 heterocycles. The highest BCUT2D eigenvalue weighted by Crippen LogP contribution is 2.22. The Morgan fingerprint density at radius 2 is 1.97 bits per heavy atom. The smallest absolute Gasteiger partial charge is 0.332 e. The van der Waals surface area contributed by atoms with Crippen LogP contribution in [0.5, 0.6) is 0 Å². The van der Waals surface area contributed by atoms with Gasteiger partial charge in [0.15, 0.2) is 11.2 Å². The fraction of sp³-hybridized carbons (Fsp3) is 0.316. The number of carbonyl (C=O) groups excluding carboxylic acids is 1. The molecule has 0 aliphatic rings. The molecule has 0 radical (unpaired) electrons. The van der Waals surface area contributed by atoms with Crippen molar-refractivity contribution in [2.24, 2.45) is 14.1 Å². The van der Waals surface area contributed by atoms with E-state index in [0.29, 0.717) is 24.1 Å². The third-order valence-electron chi connectivity index (χ3n) is 4.69. The van der Waals surface area contributed by atoms with Crippen molar-refractivity contribution in [2.45, 2.75) is 26.0 Å². The number of thiazole rings is 1. The first-order chi connectivity index (χ1) is 14.0. The largest absolute Gasteiger partial charge is 0.458 e. The Balaban J connectivity index is 1.37. The van der Waals surface area contributed by atoms with E-state index in [1.54, 1.807) is 11.6 Å². The maximum absolute atomic E-state index is 12.4. The highest BCUT2D eigenvalue weighted by molar-refractivity contribution is 7.18. The lowest BCUT2D eigenvalue weighted by Gasteiger charge is -2.07. The minimum absolute atomic E-state index is 0.148. The van der Waals surface area contributed by atoms with Gasteiger partial charge in [0.05, 0.1) is 16.5 Å². The van der Waals surface area contributed by atoms with E-state index in [1.807, 2.05) is 24.3 Å². The zero-order valence-corrected chi connectivity index (χ0v) is 16.8. The van der Waals surface area contributed by atoms with E-state index in [9.17, 15) is 14.4 Å². The first-order valence-electron chi connectivity index (χ1n) is 9.06. The molecular weight excluding hydrogens is 394 g/mol. The SMILES string of the molecule is Cn1c(=O)c2c(ncn2CCCC(=O)OCc2nc3ccccc3s2)n(C)c1=O. The second kappa shape index (κ2) is 7.63. The normalized spacial score (nSPS) is 11.4. The van der Waals surface area contributed by atoms with Crippen molar-refractivity contribution >= 4 is 38.7 Å². The molecule has 4 aromatic rings. The Morgan fingerprint density at radius 3 is 2.76 bits per heavy atom. The maximum Gasteiger partial charge on any atom is 0.332 e. The molecule has 150 valence electrons. The molecule has 0 fully saturated rings. The number of hydrogen-bond acceptors (Lipinski definition) is 7. The van der Waals surface area contributed by atoms with E-state index < -0.39 is 11.2 Å². The third-order valence-corrected chi connectivity index (χ3v) is 5.70. The summed E-state index contributed by atoms with van der Waals surface area (Å²) < 4.78 is 10.4. The lowest BCUT2D eigenvalue weighted by atomic mass is 10.3. The maximum atomic E-state index is 12.4. The second-order valence-corrected chi connectivity index (χ2v) is 7.77. The van der Waals surface area contributed by atoms with Crippen LogP contribution in [0.1, 0.15) is 17.8 Å². The number of aromatic nitrogens is 5. The number of fused-ring (bicyclic) bond motifs is 2. The van der Waals surface area contributed by atoms with Gasteiger partial charge in [-0.2, -0.15) is 0 Å². The number of carbonyl (C=O) groups is 1. The molecule has 0 atom stereocenters. The Hall–Kier alpha value is -3.27. The fourth-order valence-corrected chi connectivity index (χ4v) is 4.04. The number of nitrogens with zero attached hydrogens (tertiary/aromatic N) is 5. The molecule has 0 aliphatic carbocycles. The van der Waals surface area contributed by atoms with Crippen LogP contribution in [0.3, 0.4) is 0 Å². The molecule has 0 N–H and O–H groups in total. The van der Waals surface area contributed by atoms with Gasteiger partial charge in [-0.3, -0.25) is 18.7 Å². The van der Waals surface area contributed by atoms with Gasteiger partial charge in [0.25, 0.3) is 5.56 Å². The quantitative estimate of drug-likeness (QED) is 0.445. The summed E-state index contributed by atoms with van der Waals surface area (Å²) in [5.74, 6) is -0.325. The Morgan fingerprint density at radius 1 is 1.17 bits per heavy atom.